The van der Waals surface area contributed by atoms with Crippen molar-refractivity contribution in [1.29, 1.82) is 0 Å². The number of hydrogen-bond acceptors (Lipinski definition) is 2. The second-order valence-electron chi connectivity index (χ2n) is 3.73. The molecule has 5 heteroatoms. The molecule has 0 aromatic heterocycles. The molecule has 2 rings (SSSR count). The minimum atomic E-state index is -0.615. The maximum atomic E-state index is 11.9. The van der Waals surface area contributed by atoms with E-state index >= 15 is 0 Å². The summed E-state index contributed by atoms with van der Waals surface area (Å²) in [6.45, 7) is 1.38. The molecule has 0 unspecified atom stereocenters. The van der Waals surface area contributed by atoms with E-state index in [1.807, 2.05) is 0 Å². The summed E-state index contributed by atoms with van der Waals surface area (Å²) < 4.78 is 0. The van der Waals surface area contributed by atoms with Gasteiger partial charge in [-0.2, -0.15) is 0 Å². The van der Waals surface area contributed by atoms with E-state index in [0.717, 1.165) is 11.3 Å². The molecular formula is C11H11ClN2O2. The summed E-state index contributed by atoms with van der Waals surface area (Å²) in [5.74, 6) is -0.382. The first-order valence-corrected chi connectivity index (χ1v) is 5.22. The molecule has 4 nitrogen and oxygen atoms in total. The molecule has 0 spiro atoms. The van der Waals surface area contributed by atoms with Crippen molar-refractivity contribution in [2.75, 3.05) is 11.9 Å². The lowest BCUT2D eigenvalue weighted by molar-refractivity contribution is -0.125. The van der Waals surface area contributed by atoms with E-state index in [1.165, 1.54) is 11.8 Å². The number of nitrogens with one attached hydrogen (secondary N) is 1. The minimum absolute atomic E-state index is 0.146. The van der Waals surface area contributed by atoms with Gasteiger partial charge in [-0.05, 0) is 18.2 Å². The number of rotatable bonds is 1. The maximum Gasteiger partial charge on any atom is 0.254 e. The Morgan fingerprint density at radius 2 is 2.19 bits per heavy atom. The third kappa shape index (κ3) is 1.65. The molecule has 1 aliphatic heterocycles. The zero-order chi connectivity index (χ0) is 11.9. The predicted octanol–water partition coefficient (Wildman–Crippen LogP) is 1.49. The van der Waals surface area contributed by atoms with Crippen LogP contribution in [0, 0.1) is 0 Å². The van der Waals surface area contributed by atoms with E-state index in [0.29, 0.717) is 5.02 Å². The van der Waals surface area contributed by atoms with Crippen LogP contribution in [0.1, 0.15) is 18.5 Å². The van der Waals surface area contributed by atoms with Crippen LogP contribution < -0.4 is 10.2 Å². The van der Waals surface area contributed by atoms with Crippen LogP contribution in [0.5, 0.6) is 0 Å². The van der Waals surface area contributed by atoms with Gasteiger partial charge in [0, 0.05) is 30.2 Å². The van der Waals surface area contributed by atoms with Crippen molar-refractivity contribution >= 4 is 29.1 Å². The third-order valence-corrected chi connectivity index (χ3v) is 2.82. The number of hydrogen-bond donors (Lipinski definition) is 1. The van der Waals surface area contributed by atoms with Crippen LogP contribution >= 0.6 is 11.6 Å². The molecule has 0 saturated heterocycles. The second kappa shape index (κ2) is 3.79. The Labute approximate surface area is 98.2 Å². The van der Waals surface area contributed by atoms with Gasteiger partial charge in [0.15, 0.2) is 0 Å². The highest BCUT2D eigenvalue weighted by molar-refractivity contribution is 6.31. The van der Waals surface area contributed by atoms with Crippen molar-refractivity contribution < 1.29 is 9.59 Å². The number of fused-ring (bicyclic) bond motifs is 1. The van der Waals surface area contributed by atoms with Crippen LogP contribution in [0.25, 0.3) is 0 Å². The minimum Gasteiger partial charge on any atom is -0.341 e. The lowest BCUT2D eigenvalue weighted by atomic mass is 10.1. The molecule has 16 heavy (non-hydrogen) atoms. The summed E-state index contributed by atoms with van der Waals surface area (Å²) in [5, 5.41) is 3.17. The van der Waals surface area contributed by atoms with Crippen LogP contribution in [0.2, 0.25) is 5.02 Å². The molecule has 0 fully saturated rings. The zero-order valence-corrected chi connectivity index (χ0v) is 9.71. The second-order valence-corrected chi connectivity index (χ2v) is 4.17. The summed E-state index contributed by atoms with van der Waals surface area (Å²) in [6.07, 6.45) is 0. The van der Waals surface area contributed by atoms with Gasteiger partial charge < -0.3 is 10.2 Å². The van der Waals surface area contributed by atoms with Gasteiger partial charge in [-0.3, -0.25) is 9.59 Å². The van der Waals surface area contributed by atoms with E-state index in [-0.39, 0.29) is 11.8 Å². The Hall–Kier alpha value is -1.55. The molecule has 1 atom stereocenters. The normalized spacial score (nSPS) is 18.6. The van der Waals surface area contributed by atoms with Crippen molar-refractivity contribution in [2.45, 2.75) is 13.0 Å². The highest BCUT2D eigenvalue weighted by Gasteiger charge is 2.35. The van der Waals surface area contributed by atoms with Crippen LogP contribution in [-0.2, 0) is 9.59 Å². The highest BCUT2D eigenvalue weighted by Crippen LogP contribution is 2.36. The smallest absolute Gasteiger partial charge is 0.254 e. The number of halogens is 1. The lowest BCUT2D eigenvalue weighted by Crippen LogP contribution is -2.34. The molecular weight excluding hydrogens is 228 g/mol. The number of carbonyl (C=O) groups is 2. The van der Waals surface area contributed by atoms with Crippen molar-refractivity contribution in [3.63, 3.8) is 0 Å². The summed E-state index contributed by atoms with van der Waals surface area (Å²) in [5.41, 5.74) is 1.53. The number of likely N-dealkylation sites (N-methyl/N-ethyl adjacent to an activating group) is 1. The molecule has 1 aliphatic rings. The molecule has 0 saturated carbocycles. The monoisotopic (exact) mass is 238 g/mol. The predicted molar refractivity (Wildman–Crippen MR) is 61.4 cm³/mol. The molecule has 1 heterocycles. The standard InChI is InChI=1S/C11H11ClN2O2/c1-6(15)13-10-8-5-7(12)3-4-9(8)14(2)11(10)16/h3-5,10H,1-2H3,(H,13,15)/t10-/m1/s1. The number of anilines is 1. The number of carbonyl (C=O) groups excluding carboxylic acids is 2. The van der Waals surface area contributed by atoms with Crippen molar-refractivity contribution in [1.82, 2.24) is 5.32 Å². The third-order valence-electron chi connectivity index (χ3n) is 2.59. The molecule has 1 N–H and O–H groups in total. The van der Waals surface area contributed by atoms with E-state index in [9.17, 15) is 9.59 Å². The zero-order valence-electron chi connectivity index (χ0n) is 8.95. The lowest BCUT2D eigenvalue weighted by Gasteiger charge is -2.11. The van der Waals surface area contributed by atoms with Crippen molar-refractivity contribution in [3.8, 4) is 0 Å². The van der Waals surface area contributed by atoms with Gasteiger partial charge in [0.1, 0.15) is 6.04 Å². The van der Waals surface area contributed by atoms with Gasteiger partial charge in [-0.25, -0.2) is 0 Å². The average molecular weight is 239 g/mol. The largest absolute Gasteiger partial charge is 0.341 e. The Kier molecular flexibility index (Phi) is 2.59. The Balaban J connectivity index is 2.47. The SMILES string of the molecule is CC(=O)N[C@H]1C(=O)N(C)c2ccc(Cl)cc21. The first kappa shape index (κ1) is 11.0. The quantitative estimate of drug-likeness (QED) is 0.806. The molecule has 1 aromatic rings. The first-order chi connectivity index (χ1) is 7.50. The number of amides is 2. The topological polar surface area (TPSA) is 49.4 Å². The van der Waals surface area contributed by atoms with Gasteiger partial charge in [0.05, 0.1) is 0 Å². The summed E-state index contributed by atoms with van der Waals surface area (Å²) in [4.78, 5) is 24.4. The molecule has 0 aliphatic carbocycles. The van der Waals surface area contributed by atoms with Gasteiger partial charge in [-0.15, -0.1) is 0 Å². The van der Waals surface area contributed by atoms with Crippen molar-refractivity contribution in [2.24, 2.45) is 0 Å². The Bertz CT molecular complexity index is 473. The molecule has 1 aromatic carbocycles. The fourth-order valence-electron chi connectivity index (χ4n) is 1.85. The molecule has 0 radical (unpaired) electrons. The van der Waals surface area contributed by atoms with Crippen molar-refractivity contribution in [3.05, 3.63) is 28.8 Å². The fraction of sp³-hybridized carbons (Fsp3) is 0.273. The van der Waals surface area contributed by atoms with Gasteiger partial charge in [-0.1, -0.05) is 11.6 Å². The van der Waals surface area contributed by atoms with Crippen LogP contribution in [0.3, 0.4) is 0 Å². The van der Waals surface area contributed by atoms with Crippen LogP contribution in [0.4, 0.5) is 5.69 Å². The van der Waals surface area contributed by atoms with Crippen LogP contribution in [0.15, 0.2) is 18.2 Å². The highest BCUT2D eigenvalue weighted by atomic mass is 35.5. The molecule has 0 bridgehead atoms. The van der Waals surface area contributed by atoms with E-state index in [4.69, 9.17) is 11.6 Å². The molecule has 84 valence electrons. The van der Waals surface area contributed by atoms with E-state index in [2.05, 4.69) is 5.32 Å². The molecule has 2 amide bonds. The Morgan fingerprint density at radius 3 is 2.81 bits per heavy atom. The van der Waals surface area contributed by atoms with Gasteiger partial charge in [0.2, 0.25) is 5.91 Å². The number of nitrogens with zero attached hydrogens (tertiary/aromatic N) is 1. The van der Waals surface area contributed by atoms with E-state index < -0.39 is 6.04 Å². The van der Waals surface area contributed by atoms with Gasteiger partial charge in [0.25, 0.3) is 5.91 Å². The summed E-state index contributed by atoms with van der Waals surface area (Å²) in [6, 6.07) is 4.59. The first-order valence-electron chi connectivity index (χ1n) is 4.85. The summed E-state index contributed by atoms with van der Waals surface area (Å²) in [7, 11) is 1.68. The van der Waals surface area contributed by atoms with Crippen LogP contribution in [-0.4, -0.2) is 18.9 Å². The Morgan fingerprint density at radius 1 is 1.50 bits per heavy atom. The fourth-order valence-corrected chi connectivity index (χ4v) is 2.03. The summed E-state index contributed by atoms with van der Waals surface area (Å²) >= 11 is 5.88. The number of benzene rings is 1. The maximum absolute atomic E-state index is 11.9. The van der Waals surface area contributed by atoms with Gasteiger partial charge >= 0.3 is 0 Å². The average Bonchev–Trinajstić information content (AvgIpc) is 2.43. The van der Waals surface area contributed by atoms with E-state index in [1.54, 1.807) is 25.2 Å².